The topological polar surface area (TPSA) is 131 Å². The molecule has 0 saturated heterocycles. The molecule has 563 valence electrons. The normalized spacial score (nSPS) is 10.1. The molecule has 0 spiro atoms. The number of unbranched alkanes of at least 4 members (excludes halogenated alkanes) is 8. The predicted molar refractivity (Wildman–Crippen MR) is 451 cm³/mol. The second-order valence-corrected chi connectivity index (χ2v) is 30.0. The quantitative estimate of drug-likeness (QED) is 0.0497. The van der Waals surface area contributed by atoms with Gasteiger partial charge in [-0.25, -0.2) is 9.97 Å². The van der Waals surface area contributed by atoms with Crippen LogP contribution in [0.3, 0.4) is 0 Å². The number of fused-ring (bicyclic) bond motifs is 20. The summed E-state index contributed by atoms with van der Waals surface area (Å²) < 4.78 is 8.53. The van der Waals surface area contributed by atoms with Gasteiger partial charge >= 0.3 is 37.7 Å². The first-order valence-corrected chi connectivity index (χ1v) is 40.2. The largest absolute Gasteiger partial charge is 2.00 e. The average Bonchev–Trinajstić information content (AvgIpc) is 1.61. The molecule has 2 aliphatic rings. The molecule has 0 saturated carbocycles. The Morgan fingerprint density at radius 3 is 0.574 bits per heavy atom. The Kier molecular flexibility index (Phi) is 51.4. The maximum absolute atomic E-state index is 4.95. The first-order valence-electron chi connectivity index (χ1n) is 36.3. The van der Waals surface area contributed by atoms with E-state index in [1.54, 1.807) is 0 Å². The Labute approximate surface area is 640 Å². The van der Waals surface area contributed by atoms with Gasteiger partial charge in [0.1, 0.15) is 0 Å². The van der Waals surface area contributed by atoms with Gasteiger partial charge in [-0.15, -0.1) is 0 Å². The van der Waals surface area contributed by atoms with E-state index in [0.717, 1.165) is 66.8 Å². The van der Waals surface area contributed by atoms with Crippen LogP contribution in [0.1, 0.15) is 160 Å². The summed E-state index contributed by atoms with van der Waals surface area (Å²) in [5.74, 6) is 6.73. The molecule has 9 rings (SSSR count). The van der Waals surface area contributed by atoms with Gasteiger partial charge < -0.3 is 29.9 Å². The van der Waals surface area contributed by atoms with Crippen molar-refractivity contribution in [1.82, 2.24) is 59.5 Å². The molecule has 0 atom stereocenters. The van der Waals surface area contributed by atoms with Crippen LogP contribution in [-0.2, 0) is 17.1 Å². The number of thioether (sulfide) groups is 4. The minimum absolute atomic E-state index is 0. The smallest absolute Gasteiger partial charge is 0.357 e. The van der Waals surface area contributed by atoms with Crippen LogP contribution < -0.4 is 9.97 Å². The molecule has 2 aliphatic heterocycles. The second kappa shape index (κ2) is 54.7. The minimum Gasteiger partial charge on any atom is -0.357 e. The molecule has 3 aromatic heterocycles. The molecule has 0 fully saturated rings. The molecule has 0 amide bonds. The summed E-state index contributed by atoms with van der Waals surface area (Å²) in [6, 6.07) is 31.8. The molecule has 21 heteroatoms. The van der Waals surface area contributed by atoms with Gasteiger partial charge in [-0.05, 0) is 68.6 Å². The summed E-state index contributed by atoms with van der Waals surface area (Å²) in [4.78, 5) is 47.8. The van der Waals surface area contributed by atoms with Crippen LogP contribution in [0.15, 0.2) is 97.1 Å². The van der Waals surface area contributed by atoms with Gasteiger partial charge in [-0.3, -0.25) is 37.9 Å². The molecule has 8 bridgehead atoms. The monoisotopic (exact) mass is 1510 g/mol. The van der Waals surface area contributed by atoms with Crippen molar-refractivity contribution in [2.24, 2.45) is 0 Å². The van der Waals surface area contributed by atoms with Gasteiger partial charge in [-0.2, -0.15) is 0 Å². The Hall–Kier alpha value is -5.96. The van der Waals surface area contributed by atoms with Crippen LogP contribution in [0.25, 0.3) is 89.7 Å². The third-order valence-corrected chi connectivity index (χ3v) is 19.4. The van der Waals surface area contributed by atoms with Gasteiger partial charge in [0.2, 0.25) is 0 Å². The third-order valence-electron chi connectivity index (χ3n) is 14.3. The van der Waals surface area contributed by atoms with Crippen molar-refractivity contribution < 1.29 is 35.4 Å². The van der Waals surface area contributed by atoms with Gasteiger partial charge in [0.15, 0.2) is 0 Å². The average molecular weight is 1510 g/mol. The zero-order chi connectivity index (χ0) is 75.3. The van der Waals surface area contributed by atoms with E-state index in [2.05, 4.69) is 234 Å². The van der Waals surface area contributed by atoms with Crippen molar-refractivity contribution in [2.75, 3.05) is 136 Å². The van der Waals surface area contributed by atoms with E-state index in [4.69, 9.17) is 39.9 Å². The molecular formula is C80H132CuN16S4+4. The van der Waals surface area contributed by atoms with Crippen LogP contribution >= 0.6 is 47.0 Å². The molecular weight excluding hydrogens is 1380 g/mol. The van der Waals surface area contributed by atoms with Crippen molar-refractivity contribution in [1.29, 1.82) is 0 Å². The molecule has 0 N–H and O–H groups in total. The third kappa shape index (κ3) is 33.6. The maximum Gasteiger partial charge on any atom is 2.00 e. The Morgan fingerprint density at radius 1 is 0.287 bits per heavy atom. The first-order chi connectivity index (χ1) is 47.8. The van der Waals surface area contributed by atoms with Crippen LogP contribution in [0.4, 0.5) is 0 Å². The van der Waals surface area contributed by atoms with Crippen LogP contribution in [0, 0.1) is 0 Å². The molecule has 0 unspecified atom stereocenters. The zero-order valence-corrected chi connectivity index (χ0v) is 71.8. The maximum atomic E-state index is 4.95. The van der Waals surface area contributed by atoms with E-state index in [9.17, 15) is 0 Å². The molecule has 7 aromatic rings. The van der Waals surface area contributed by atoms with Crippen molar-refractivity contribution in [3.05, 3.63) is 97.1 Å². The fraction of sp³-hybridized carbons (Fsp3) is 0.550. The van der Waals surface area contributed by atoms with E-state index < -0.39 is 0 Å². The molecule has 101 heavy (non-hydrogen) atoms. The van der Waals surface area contributed by atoms with E-state index in [-0.39, 0.29) is 17.1 Å². The molecule has 0 aliphatic carbocycles. The summed E-state index contributed by atoms with van der Waals surface area (Å²) in [7, 11) is 33.1. The fourth-order valence-corrected chi connectivity index (χ4v) is 13.1. The number of amidine groups is 4. The van der Waals surface area contributed by atoms with Gasteiger partial charge in [-0.1, -0.05) is 257 Å². The molecule has 16 nitrogen and oxygen atoms in total. The molecule has 1 radical (unpaired) electrons. The Balaban J connectivity index is 0.00000135. The van der Waals surface area contributed by atoms with E-state index in [0.29, 0.717) is 45.9 Å². The van der Waals surface area contributed by atoms with Crippen molar-refractivity contribution in [2.45, 2.75) is 160 Å². The first kappa shape index (κ1) is 95.0. The van der Waals surface area contributed by atoms with E-state index in [1.165, 1.54) is 97.7 Å². The Morgan fingerprint density at radius 2 is 0.455 bits per heavy atom. The summed E-state index contributed by atoms with van der Waals surface area (Å²) in [6.07, 6.45) is 16.3. The Bertz CT molecular complexity index is 3260. The molecule has 5 heterocycles. The number of nitrogens with zero attached hydrogens (tertiary/aromatic N) is 16. The predicted octanol–water partition coefficient (Wildman–Crippen LogP) is 18.6. The molecule has 4 aromatic carbocycles. The van der Waals surface area contributed by atoms with E-state index >= 15 is 0 Å². The zero-order valence-electron chi connectivity index (χ0n) is 67.6. The summed E-state index contributed by atoms with van der Waals surface area (Å²) in [6.45, 7) is 26.4. The van der Waals surface area contributed by atoms with Crippen LogP contribution in [0.2, 0.25) is 0 Å². The van der Waals surface area contributed by atoms with Gasteiger partial charge in [0.05, 0.1) is 136 Å². The number of hydrogen-bond donors (Lipinski definition) is 0. The number of hydrogen-bond acceptors (Lipinski definition) is 10. The van der Waals surface area contributed by atoms with Crippen molar-refractivity contribution >= 4 is 112 Å². The summed E-state index contributed by atoms with van der Waals surface area (Å²) >= 11 is 7.44. The van der Waals surface area contributed by atoms with Gasteiger partial charge in [0.25, 0.3) is 0 Å². The van der Waals surface area contributed by atoms with Crippen LogP contribution in [-0.4, -0.2) is 224 Å². The minimum atomic E-state index is 0. The SMILES string of the molecule is CCCCC.CCCCC.CCCCC.CCCCC.CCSC(N(C)C)=[N+](C)C.CCSC(N(C)C)=[N+](C)C.CCSC(N(C)C)=[N+](C)C.CCSC(N(C)C)=[N+](C)C.[Cu+2].c1ccc2c(c1)-c1nc-2nc2[n-]c(nc3nc(nc4[n-]c(n1)c1ccccc41)-c1ccccc1-3)c1ccccc21. The number of rotatable bonds is 12. The van der Waals surface area contributed by atoms with Crippen molar-refractivity contribution in [3.8, 4) is 45.6 Å². The number of aromatic nitrogens is 8. The number of benzene rings is 4. The van der Waals surface area contributed by atoms with Gasteiger partial charge in [0, 0.05) is 67.9 Å². The van der Waals surface area contributed by atoms with E-state index in [1.807, 2.05) is 144 Å². The fourth-order valence-electron chi connectivity index (χ4n) is 10.0. The second-order valence-electron chi connectivity index (χ2n) is 25.1. The standard InChI is InChI=1S/C32H16N8.4C7H17N2S.4C5H12.Cu/c1-2-10-18-17(9-1)25-33-26(18)38-28-21-13-5-6-14-22(21)30(35-28)40-32-24-16-8-7-15-23(24)31(36-32)39-29-20-12-4-3-11-19(20)27(34-29)37-25;4*1-6-10-7(8(2)3)9(4)5;4*1-3-5-4-2;/h1-16H;4*6H2,1-5H3;4*3-5H2,1-2H3;/q-2;4*+1;;;;;+2. The summed E-state index contributed by atoms with van der Waals surface area (Å²) in [5.41, 5.74) is 5.78. The summed E-state index contributed by atoms with van der Waals surface area (Å²) in [5, 5.41) is 8.80. The van der Waals surface area contributed by atoms with Crippen molar-refractivity contribution in [3.63, 3.8) is 0 Å². The van der Waals surface area contributed by atoms with Crippen LogP contribution in [0.5, 0.6) is 0 Å².